The molecule has 0 saturated heterocycles. The smallest absolute Gasteiger partial charge is 0.318 e. The molecule has 1 aromatic carbocycles. The highest BCUT2D eigenvalue weighted by molar-refractivity contribution is 6.42. The molecule has 29 heavy (non-hydrogen) atoms. The van der Waals surface area contributed by atoms with Crippen molar-refractivity contribution in [3.8, 4) is 0 Å². The third-order valence-electron chi connectivity index (χ3n) is 5.02. The fraction of sp³-hybridized carbons (Fsp3) is 0.450. The molecular formula is C20H24Cl2N4O3. The lowest BCUT2D eigenvalue weighted by atomic mass is 9.96. The first-order valence-electron chi connectivity index (χ1n) is 9.60. The number of aromatic nitrogens is 2. The first-order chi connectivity index (χ1) is 14.0. The molecule has 0 saturated carbocycles. The predicted molar refractivity (Wildman–Crippen MR) is 111 cm³/mol. The summed E-state index contributed by atoms with van der Waals surface area (Å²) in [5.41, 5.74) is 2.53. The van der Waals surface area contributed by atoms with Crippen LogP contribution in [0.3, 0.4) is 0 Å². The van der Waals surface area contributed by atoms with E-state index in [1.54, 1.807) is 17.3 Å². The molecule has 2 amide bonds. The summed E-state index contributed by atoms with van der Waals surface area (Å²) in [5.74, 6) is -0.210. The number of hydrogen-bond donors (Lipinski definition) is 2. The Hall–Kier alpha value is -2.25. The summed E-state index contributed by atoms with van der Waals surface area (Å²) in [7, 11) is 1.38. The maximum atomic E-state index is 12.9. The number of halogens is 2. The van der Waals surface area contributed by atoms with Gasteiger partial charge in [-0.1, -0.05) is 41.8 Å². The second-order valence-electron chi connectivity index (χ2n) is 6.87. The number of fused-ring (bicyclic) bond motifs is 1. The van der Waals surface area contributed by atoms with Crippen LogP contribution in [0.4, 0.5) is 4.79 Å². The number of esters is 1. The average Bonchev–Trinajstić information content (AvgIpc) is 3.20. The number of nitrogens with zero attached hydrogens (tertiary/aromatic N) is 2. The van der Waals surface area contributed by atoms with Crippen molar-refractivity contribution in [2.24, 2.45) is 0 Å². The van der Waals surface area contributed by atoms with Crippen LogP contribution in [-0.4, -0.2) is 47.1 Å². The normalized spacial score (nSPS) is 15.7. The number of benzene rings is 1. The van der Waals surface area contributed by atoms with E-state index in [4.69, 9.17) is 23.2 Å². The minimum atomic E-state index is -0.407. The number of H-pyrrole nitrogens is 1. The molecular weight excluding hydrogens is 415 g/mol. The number of ether oxygens (including phenoxy) is 1. The fourth-order valence-corrected chi connectivity index (χ4v) is 3.92. The van der Waals surface area contributed by atoms with Gasteiger partial charge in [-0.05, 0) is 18.9 Å². The van der Waals surface area contributed by atoms with Crippen molar-refractivity contribution >= 4 is 35.2 Å². The topological polar surface area (TPSA) is 87.3 Å². The number of hydrogen-bond acceptors (Lipinski definition) is 4. The van der Waals surface area contributed by atoms with Gasteiger partial charge < -0.3 is 19.9 Å². The Morgan fingerprint density at radius 1 is 1.31 bits per heavy atom. The molecule has 0 spiro atoms. The van der Waals surface area contributed by atoms with Crippen molar-refractivity contribution in [3.05, 3.63) is 51.5 Å². The van der Waals surface area contributed by atoms with E-state index in [0.717, 1.165) is 36.2 Å². The first kappa shape index (κ1) is 21.5. The Morgan fingerprint density at radius 2 is 2.14 bits per heavy atom. The van der Waals surface area contributed by atoms with Crippen molar-refractivity contribution in [1.82, 2.24) is 20.2 Å². The van der Waals surface area contributed by atoms with Crippen LogP contribution in [0.1, 0.15) is 48.7 Å². The molecule has 0 bridgehead atoms. The lowest BCUT2D eigenvalue weighted by Gasteiger charge is -2.35. The Bertz CT molecular complexity index is 871. The lowest BCUT2D eigenvalue weighted by Crippen LogP contribution is -2.46. The number of aromatic amines is 1. The van der Waals surface area contributed by atoms with Crippen LogP contribution >= 0.6 is 23.2 Å². The molecule has 0 unspecified atom stereocenters. The number of nitrogens with one attached hydrogen (secondary N) is 2. The number of methoxy groups -OCH3 is 1. The minimum absolute atomic E-state index is 0.173. The summed E-state index contributed by atoms with van der Waals surface area (Å²) in [5, 5.41) is 3.84. The molecule has 2 N–H and O–H groups in total. The van der Waals surface area contributed by atoms with Crippen LogP contribution in [-0.2, 0) is 16.0 Å². The summed E-state index contributed by atoms with van der Waals surface area (Å²) in [4.78, 5) is 33.4. The van der Waals surface area contributed by atoms with E-state index in [0.29, 0.717) is 36.0 Å². The van der Waals surface area contributed by atoms with Crippen LogP contribution < -0.4 is 5.32 Å². The molecule has 2 aromatic rings. The van der Waals surface area contributed by atoms with Gasteiger partial charge in [-0.15, -0.1) is 0 Å². The van der Waals surface area contributed by atoms with Gasteiger partial charge in [-0.3, -0.25) is 4.79 Å². The minimum Gasteiger partial charge on any atom is -0.469 e. The van der Waals surface area contributed by atoms with Crippen molar-refractivity contribution in [2.75, 3.05) is 20.2 Å². The summed E-state index contributed by atoms with van der Waals surface area (Å²) in [6.45, 7) is 1.07. The number of amides is 2. The van der Waals surface area contributed by atoms with Crippen LogP contribution in [0, 0.1) is 0 Å². The van der Waals surface area contributed by atoms with Gasteiger partial charge in [0.1, 0.15) is 6.04 Å². The highest BCUT2D eigenvalue weighted by atomic mass is 35.5. The summed E-state index contributed by atoms with van der Waals surface area (Å²) >= 11 is 12.7. The zero-order chi connectivity index (χ0) is 20.8. The van der Waals surface area contributed by atoms with Gasteiger partial charge in [0, 0.05) is 37.2 Å². The van der Waals surface area contributed by atoms with Gasteiger partial charge in [0.2, 0.25) is 0 Å². The standard InChI is InChI=1S/C20H24Cl2N4O3/c1-29-16(27)8-3-2-4-10-23-20(28)26-11-9-15-18(25-12-24-15)19(26)13-6-5-7-14(21)17(13)22/h5-7,12,19H,2-4,8-11H2,1H3,(H,23,28)(H,24,25)/t19-/m0/s1. The molecule has 9 heteroatoms. The number of imidazole rings is 1. The second kappa shape index (κ2) is 9.98. The zero-order valence-corrected chi connectivity index (χ0v) is 17.7. The summed E-state index contributed by atoms with van der Waals surface area (Å²) in [6, 6.07) is 4.83. The fourth-order valence-electron chi connectivity index (χ4n) is 3.51. The third kappa shape index (κ3) is 5.03. The molecule has 1 aliphatic rings. The molecule has 1 atom stereocenters. The van der Waals surface area contributed by atoms with Gasteiger partial charge in [-0.25, -0.2) is 9.78 Å². The van der Waals surface area contributed by atoms with Crippen LogP contribution in [0.5, 0.6) is 0 Å². The van der Waals surface area contributed by atoms with E-state index < -0.39 is 6.04 Å². The quantitative estimate of drug-likeness (QED) is 0.502. The highest BCUT2D eigenvalue weighted by Gasteiger charge is 2.35. The van der Waals surface area contributed by atoms with Gasteiger partial charge >= 0.3 is 12.0 Å². The molecule has 7 nitrogen and oxygen atoms in total. The van der Waals surface area contributed by atoms with E-state index in [9.17, 15) is 9.59 Å². The molecule has 0 aliphatic carbocycles. The van der Waals surface area contributed by atoms with E-state index in [-0.39, 0.29) is 12.0 Å². The van der Waals surface area contributed by atoms with E-state index in [1.807, 2.05) is 12.1 Å². The highest BCUT2D eigenvalue weighted by Crippen LogP contribution is 2.39. The molecule has 2 heterocycles. The molecule has 3 rings (SSSR count). The Balaban J connectivity index is 1.66. The van der Waals surface area contributed by atoms with Crippen LogP contribution in [0.2, 0.25) is 10.0 Å². The molecule has 1 aliphatic heterocycles. The SMILES string of the molecule is COC(=O)CCCCCNC(=O)N1CCc2[nH]cnc2[C@@H]1c1cccc(Cl)c1Cl. The number of carbonyl (C=O) groups is 2. The number of unbranched alkanes of at least 4 members (excludes halogenated alkanes) is 2. The van der Waals surface area contributed by atoms with Crippen LogP contribution in [0.15, 0.2) is 24.5 Å². The van der Waals surface area contributed by atoms with Crippen LogP contribution in [0.25, 0.3) is 0 Å². The molecule has 1 aromatic heterocycles. The summed E-state index contributed by atoms with van der Waals surface area (Å²) < 4.78 is 4.62. The zero-order valence-electron chi connectivity index (χ0n) is 16.2. The largest absolute Gasteiger partial charge is 0.469 e. The average molecular weight is 439 g/mol. The molecule has 0 radical (unpaired) electrons. The van der Waals surface area contributed by atoms with E-state index in [2.05, 4.69) is 20.0 Å². The Morgan fingerprint density at radius 3 is 2.93 bits per heavy atom. The van der Waals surface area contributed by atoms with Crippen molar-refractivity contribution in [3.63, 3.8) is 0 Å². The maximum Gasteiger partial charge on any atom is 0.318 e. The number of carbonyl (C=O) groups excluding carboxylic acids is 2. The van der Waals surface area contributed by atoms with E-state index >= 15 is 0 Å². The molecule has 156 valence electrons. The first-order valence-corrected chi connectivity index (χ1v) is 10.4. The number of rotatable bonds is 7. The lowest BCUT2D eigenvalue weighted by molar-refractivity contribution is -0.140. The van der Waals surface area contributed by atoms with Gasteiger partial charge in [0.05, 0.1) is 29.2 Å². The Kier molecular flexibility index (Phi) is 7.39. The van der Waals surface area contributed by atoms with Crippen molar-refractivity contribution in [1.29, 1.82) is 0 Å². The van der Waals surface area contributed by atoms with Gasteiger partial charge in [0.25, 0.3) is 0 Å². The Labute approximate surface area is 179 Å². The van der Waals surface area contributed by atoms with Crippen molar-refractivity contribution in [2.45, 2.75) is 38.1 Å². The van der Waals surface area contributed by atoms with Gasteiger partial charge in [0.15, 0.2) is 0 Å². The monoisotopic (exact) mass is 438 g/mol. The number of urea groups is 1. The predicted octanol–water partition coefficient (Wildman–Crippen LogP) is 4.11. The third-order valence-corrected chi connectivity index (χ3v) is 5.86. The molecule has 0 fully saturated rings. The second-order valence-corrected chi connectivity index (χ2v) is 7.66. The van der Waals surface area contributed by atoms with Crippen molar-refractivity contribution < 1.29 is 14.3 Å². The summed E-state index contributed by atoms with van der Waals surface area (Å²) in [6.07, 6.45) is 5.09. The van der Waals surface area contributed by atoms with Gasteiger partial charge in [-0.2, -0.15) is 0 Å². The maximum absolute atomic E-state index is 12.9. The van der Waals surface area contributed by atoms with E-state index in [1.165, 1.54) is 7.11 Å².